The van der Waals surface area contributed by atoms with E-state index in [1.807, 2.05) is 11.0 Å². The minimum atomic E-state index is -0.594. The maximum atomic E-state index is 11.8. The van der Waals surface area contributed by atoms with Gasteiger partial charge in [-0.2, -0.15) is 5.26 Å². The first-order valence-corrected chi connectivity index (χ1v) is 6.62. The summed E-state index contributed by atoms with van der Waals surface area (Å²) < 4.78 is 5.29. The Bertz CT molecular complexity index is 844. The summed E-state index contributed by atoms with van der Waals surface area (Å²) in [4.78, 5) is 29.4. The highest BCUT2D eigenvalue weighted by molar-refractivity contribution is 5.66. The van der Waals surface area contributed by atoms with Crippen LogP contribution in [0.4, 0.5) is 5.69 Å². The SMILES string of the molecule is N#Cc1nnc(-c2c[nH]c(=O)[nH]c2=O)cc1N1CCOCC1. The number of anilines is 1. The molecule has 1 aliphatic heterocycles. The van der Waals surface area contributed by atoms with Crippen LogP contribution in [0.2, 0.25) is 0 Å². The fourth-order valence-corrected chi connectivity index (χ4v) is 2.24. The van der Waals surface area contributed by atoms with Gasteiger partial charge in [0.15, 0.2) is 5.69 Å². The highest BCUT2D eigenvalue weighted by atomic mass is 16.5. The van der Waals surface area contributed by atoms with Crippen LogP contribution >= 0.6 is 0 Å². The van der Waals surface area contributed by atoms with Gasteiger partial charge >= 0.3 is 5.69 Å². The Morgan fingerprint density at radius 3 is 2.73 bits per heavy atom. The third-order valence-corrected chi connectivity index (χ3v) is 3.33. The van der Waals surface area contributed by atoms with Crippen LogP contribution in [-0.4, -0.2) is 46.5 Å². The number of hydrogen-bond donors (Lipinski definition) is 2. The first-order valence-electron chi connectivity index (χ1n) is 6.62. The summed E-state index contributed by atoms with van der Waals surface area (Å²) in [5, 5.41) is 16.9. The molecule has 9 heteroatoms. The summed E-state index contributed by atoms with van der Waals surface area (Å²) >= 11 is 0. The van der Waals surface area contributed by atoms with Crippen molar-refractivity contribution >= 4 is 5.69 Å². The topological polar surface area (TPSA) is 128 Å². The third kappa shape index (κ3) is 2.59. The van der Waals surface area contributed by atoms with Crippen molar-refractivity contribution in [1.82, 2.24) is 20.2 Å². The highest BCUT2D eigenvalue weighted by Gasteiger charge is 2.18. The lowest BCUT2D eigenvalue weighted by Crippen LogP contribution is -2.37. The Balaban J connectivity index is 2.08. The molecule has 0 aromatic carbocycles. The molecule has 2 aromatic rings. The average molecular weight is 300 g/mol. The van der Waals surface area contributed by atoms with E-state index in [1.165, 1.54) is 6.20 Å². The lowest BCUT2D eigenvalue weighted by atomic mass is 10.2. The molecule has 0 spiro atoms. The van der Waals surface area contributed by atoms with Crippen molar-refractivity contribution in [3.63, 3.8) is 0 Å². The number of aromatic amines is 2. The number of hydrogen-bond acceptors (Lipinski definition) is 7. The molecule has 1 aliphatic rings. The zero-order chi connectivity index (χ0) is 15.5. The molecule has 0 aliphatic carbocycles. The molecule has 22 heavy (non-hydrogen) atoms. The van der Waals surface area contributed by atoms with Crippen molar-refractivity contribution in [2.24, 2.45) is 0 Å². The molecular formula is C13H12N6O3. The summed E-state index contributed by atoms with van der Waals surface area (Å²) in [6.07, 6.45) is 1.28. The number of nitriles is 1. The first kappa shape index (κ1) is 14.0. The van der Waals surface area contributed by atoms with Gasteiger partial charge in [-0.05, 0) is 6.07 Å². The van der Waals surface area contributed by atoms with Crippen LogP contribution in [-0.2, 0) is 4.74 Å². The standard InChI is InChI=1S/C13H12N6O3/c14-6-10-11(19-1-3-22-4-2-19)5-9(17-18-10)8-7-15-13(21)16-12(8)20/h5,7H,1-4H2,(H2,15,16,20,21). The van der Waals surface area contributed by atoms with Gasteiger partial charge in [0.1, 0.15) is 11.8 Å². The predicted octanol–water partition coefficient (Wildman–Crippen LogP) is -0.772. The van der Waals surface area contributed by atoms with E-state index in [9.17, 15) is 14.9 Å². The van der Waals surface area contributed by atoms with E-state index in [0.717, 1.165) is 0 Å². The van der Waals surface area contributed by atoms with E-state index < -0.39 is 11.2 Å². The van der Waals surface area contributed by atoms with E-state index in [0.29, 0.717) is 32.0 Å². The summed E-state index contributed by atoms with van der Waals surface area (Å²) in [5.41, 5.74) is 0.108. The smallest absolute Gasteiger partial charge is 0.325 e. The molecule has 1 fully saturated rings. The van der Waals surface area contributed by atoms with Crippen molar-refractivity contribution in [1.29, 1.82) is 5.26 Å². The minimum Gasteiger partial charge on any atom is -0.378 e. The van der Waals surface area contributed by atoms with Crippen LogP contribution in [0.25, 0.3) is 11.3 Å². The van der Waals surface area contributed by atoms with Crippen LogP contribution in [0.1, 0.15) is 5.69 Å². The lowest BCUT2D eigenvalue weighted by molar-refractivity contribution is 0.122. The number of H-pyrrole nitrogens is 2. The zero-order valence-electron chi connectivity index (χ0n) is 11.5. The van der Waals surface area contributed by atoms with Gasteiger partial charge in [0.05, 0.1) is 24.5 Å². The van der Waals surface area contributed by atoms with Crippen LogP contribution < -0.4 is 16.1 Å². The fraction of sp³-hybridized carbons (Fsp3) is 0.308. The van der Waals surface area contributed by atoms with Gasteiger partial charge < -0.3 is 14.6 Å². The molecule has 112 valence electrons. The van der Waals surface area contributed by atoms with Gasteiger partial charge in [-0.15, -0.1) is 10.2 Å². The second kappa shape index (κ2) is 5.79. The van der Waals surface area contributed by atoms with Crippen LogP contribution in [0.5, 0.6) is 0 Å². The van der Waals surface area contributed by atoms with Gasteiger partial charge in [0.25, 0.3) is 5.56 Å². The minimum absolute atomic E-state index is 0.186. The second-order valence-corrected chi connectivity index (χ2v) is 4.66. The summed E-state index contributed by atoms with van der Waals surface area (Å²) in [6.45, 7) is 2.37. The molecule has 0 atom stereocenters. The second-order valence-electron chi connectivity index (χ2n) is 4.66. The Morgan fingerprint density at radius 2 is 2.05 bits per heavy atom. The predicted molar refractivity (Wildman–Crippen MR) is 76.5 cm³/mol. The molecule has 1 saturated heterocycles. The summed E-state index contributed by atoms with van der Waals surface area (Å²) in [5.74, 6) is 0. The molecule has 0 radical (unpaired) electrons. The van der Waals surface area contributed by atoms with Gasteiger partial charge in [0.2, 0.25) is 0 Å². The maximum absolute atomic E-state index is 11.8. The summed E-state index contributed by atoms with van der Waals surface area (Å²) in [6, 6.07) is 3.62. The van der Waals surface area contributed by atoms with Crippen LogP contribution in [0.15, 0.2) is 21.9 Å². The van der Waals surface area contributed by atoms with E-state index in [2.05, 4.69) is 20.2 Å². The largest absolute Gasteiger partial charge is 0.378 e. The Morgan fingerprint density at radius 1 is 1.27 bits per heavy atom. The van der Waals surface area contributed by atoms with E-state index in [4.69, 9.17) is 4.74 Å². The first-order chi connectivity index (χ1) is 10.7. The number of morpholine rings is 1. The molecule has 0 unspecified atom stereocenters. The van der Waals surface area contributed by atoms with Gasteiger partial charge in [-0.3, -0.25) is 9.78 Å². The normalized spacial score (nSPS) is 14.6. The third-order valence-electron chi connectivity index (χ3n) is 3.33. The van der Waals surface area contributed by atoms with E-state index >= 15 is 0 Å². The average Bonchev–Trinajstić information content (AvgIpc) is 2.55. The maximum Gasteiger partial charge on any atom is 0.325 e. The fourth-order valence-electron chi connectivity index (χ4n) is 2.24. The Kier molecular flexibility index (Phi) is 3.67. The van der Waals surface area contributed by atoms with Crippen molar-refractivity contribution in [3.05, 3.63) is 38.8 Å². The molecule has 0 saturated carbocycles. The number of aromatic nitrogens is 4. The van der Waals surface area contributed by atoms with E-state index in [-0.39, 0.29) is 17.0 Å². The van der Waals surface area contributed by atoms with Gasteiger partial charge in [-0.1, -0.05) is 0 Å². The molecule has 0 amide bonds. The van der Waals surface area contributed by atoms with Gasteiger partial charge in [0, 0.05) is 19.3 Å². The molecule has 2 aromatic heterocycles. The van der Waals surface area contributed by atoms with Crippen molar-refractivity contribution in [2.75, 3.05) is 31.2 Å². The molecule has 3 rings (SSSR count). The number of nitrogens with one attached hydrogen (secondary N) is 2. The number of ether oxygens (including phenoxy) is 1. The lowest BCUT2D eigenvalue weighted by Gasteiger charge is -2.29. The van der Waals surface area contributed by atoms with Gasteiger partial charge in [-0.25, -0.2) is 4.79 Å². The Hall–Kier alpha value is -2.99. The molecular weight excluding hydrogens is 288 g/mol. The molecule has 2 N–H and O–H groups in total. The van der Waals surface area contributed by atoms with Crippen molar-refractivity contribution < 1.29 is 4.74 Å². The van der Waals surface area contributed by atoms with Crippen LogP contribution in [0, 0.1) is 11.3 Å². The molecule has 0 bridgehead atoms. The van der Waals surface area contributed by atoms with Crippen molar-refractivity contribution in [3.8, 4) is 17.3 Å². The highest BCUT2D eigenvalue weighted by Crippen LogP contribution is 2.23. The Labute approximate surface area is 124 Å². The number of rotatable bonds is 2. The van der Waals surface area contributed by atoms with E-state index in [1.54, 1.807) is 6.07 Å². The monoisotopic (exact) mass is 300 g/mol. The molecule has 3 heterocycles. The molecule has 9 nitrogen and oxygen atoms in total. The van der Waals surface area contributed by atoms with Crippen molar-refractivity contribution in [2.45, 2.75) is 0 Å². The quantitative estimate of drug-likeness (QED) is 0.745. The van der Waals surface area contributed by atoms with Crippen LogP contribution in [0.3, 0.4) is 0 Å². The zero-order valence-corrected chi connectivity index (χ0v) is 11.5. The number of nitrogens with zero attached hydrogens (tertiary/aromatic N) is 4. The summed E-state index contributed by atoms with van der Waals surface area (Å²) in [7, 11) is 0.